The third-order valence-corrected chi connectivity index (χ3v) is 6.05. The maximum atomic E-state index is 13.8. The molecule has 5 nitrogen and oxygen atoms in total. The number of ether oxygens (including phenoxy) is 1. The largest absolute Gasteiger partial charge is 0.489 e. The number of halogens is 1. The van der Waals surface area contributed by atoms with Gasteiger partial charge in [0.15, 0.2) is 0 Å². The molecule has 0 radical (unpaired) electrons. The Kier molecular flexibility index (Phi) is 5.71. The fourth-order valence-electron chi connectivity index (χ4n) is 4.39. The Balaban J connectivity index is 1.11. The number of pyridine rings is 1. The molecule has 0 unspecified atom stereocenters. The lowest BCUT2D eigenvalue weighted by Crippen LogP contribution is -2.47. The van der Waals surface area contributed by atoms with Gasteiger partial charge in [0.25, 0.3) is 0 Å². The molecule has 31 heavy (non-hydrogen) atoms. The zero-order chi connectivity index (χ0) is 21.0. The lowest BCUT2D eigenvalue weighted by molar-refractivity contribution is 0.255. The lowest BCUT2D eigenvalue weighted by Gasteiger charge is -2.36. The minimum atomic E-state index is -0.213. The van der Waals surface area contributed by atoms with Gasteiger partial charge in [0, 0.05) is 55.6 Å². The first kappa shape index (κ1) is 19.8. The quantitative estimate of drug-likeness (QED) is 0.615. The summed E-state index contributed by atoms with van der Waals surface area (Å²) in [4.78, 5) is 9.33. The zero-order valence-corrected chi connectivity index (χ0v) is 17.6. The van der Waals surface area contributed by atoms with Crippen molar-refractivity contribution in [3.8, 4) is 5.75 Å². The molecule has 2 aromatic carbocycles. The monoisotopic (exact) mass is 418 g/mol. The van der Waals surface area contributed by atoms with Crippen LogP contribution >= 0.6 is 0 Å². The summed E-state index contributed by atoms with van der Waals surface area (Å²) in [6, 6.07) is 15.0. The lowest BCUT2D eigenvalue weighted by atomic mass is 10.1. The Hall–Kier alpha value is -3.12. The van der Waals surface area contributed by atoms with Crippen LogP contribution in [0.3, 0.4) is 0 Å². The van der Waals surface area contributed by atoms with Crippen LogP contribution in [-0.4, -0.2) is 55.8 Å². The van der Waals surface area contributed by atoms with Gasteiger partial charge in [-0.15, -0.1) is 0 Å². The number of para-hydroxylation sites is 1. The topological polar surface area (TPSA) is 40.6 Å². The molecular formula is C25H27FN4O. The van der Waals surface area contributed by atoms with Gasteiger partial charge < -0.3 is 15.0 Å². The van der Waals surface area contributed by atoms with Crippen LogP contribution in [0.15, 0.2) is 60.8 Å². The molecule has 0 aliphatic carbocycles. The number of aromatic nitrogens is 1. The van der Waals surface area contributed by atoms with Gasteiger partial charge >= 0.3 is 0 Å². The van der Waals surface area contributed by atoms with Gasteiger partial charge in [-0.2, -0.15) is 0 Å². The molecule has 5 rings (SSSR count). The second-order valence-electron chi connectivity index (χ2n) is 8.03. The molecule has 3 aromatic rings. The second-order valence-corrected chi connectivity index (χ2v) is 8.03. The van der Waals surface area contributed by atoms with Crippen LogP contribution < -0.4 is 15.0 Å². The highest BCUT2D eigenvalue weighted by molar-refractivity contribution is 5.92. The Morgan fingerprint density at radius 1 is 1.03 bits per heavy atom. The van der Waals surface area contributed by atoms with Gasteiger partial charge in [-0.05, 0) is 54.8 Å². The van der Waals surface area contributed by atoms with Gasteiger partial charge in [-0.1, -0.05) is 18.2 Å². The zero-order valence-electron chi connectivity index (χ0n) is 17.6. The number of fused-ring (bicyclic) bond motifs is 2. The summed E-state index contributed by atoms with van der Waals surface area (Å²) in [5.74, 6) is 1.63. The summed E-state index contributed by atoms with van der Waals surface area (Å²) in [6.45, 7) is 6.42. The van der Waals surface area contributed by atoms with Crippen molar-refractivity contribution in [2.75, 3.05) is 50.8 Å². The summed E-state index contributed by atoms with van der Waals surface area (Å²) in [7, 11) is 0. The van der Waals surface area contributed by atoms with Crippen LogP contribution in [0.1, 0.15) is 12.0 Å². The van der Waals surface area contributed by atoms with Gasteiger partial charge in [0.2, 0.25) is 0 Å². The average molecular weight is 419 g/mol. The van der Waals surface area contributed by atoms with E-state index in [4.69, 9.17) is 4.74 Å². The predicted octanol–water partition coefficient (Wildman–Crippen LogP) is 3.91. The Morgan fingerprint density at radius 2 is 1.90 bits per heavy atom. The predicted molar refractivity (Wildman–Crippen MR) is 123 cm³/mol. The molecular weight excluding hydrogens is 391 g/mol. The molecule has 2 aliphatic rings. The normalized spacial score (nSPS) is 16.5. The van der Waals surface area contributed by atoms with Crippen LogP contribution in [0.2, 0.25) is 0 Å². The van der Waals surface area contributed by atoms with Gasteiger partial charge in [-0.25, -0.2) is 9.37 Å². The molecule has 2 aliphatic heterocycles. The Bertz CT molecular complexity index is 1090. The molecule has 3 heterocycles. The van der Waals surface area contributed by atoms with Crippen LogP contribution in [0, 0.1) is 5.82 Å². The van der Waals surface area contributed by atoms with E-state index < -0.39 is 0 Å². The van der Waals surface area contributed by atoms with Crippen LogP contribution in [0.25, 0.3) is 16.5 Å². The number of rotatable bonds is 6. The summed E-state index contributed by atoms with van der Waals surface area (Å²) >= 11 is 0. The molecule has 0 atom stereocenters. The first-order chi connectivity index (χ1) is 15.3. The van der Waals surface area contributed by atoms with Crippen LogP contribution in [-0.2, 0) is 0 Å². The third kappa shape index (κ3) is 4.35. The number of hydrogen-bond acceptors (Lipinski definition) is 5. The molecule has 1 N–H and O–H groups in total. The van der Waals surface area contributed by atoms with E-state index in [9.17, 15) is 4.39 Å². The number of piperazine rings is 1. The molecule has 1 aromatic heterocycles. The van der Waals surface area contributed by atoms with E-state index in [-0.39, 0.29) is 5.82 Å². The fourth-order valence-corrected chi connectivity index (χ4v) is 4.39. The van der Waals surface area contributed by atoms with Crippen molar-refractivity contribution < 1.29 is 9.13 Å². The van der Waals surface area contributed by atoms with Crippen molar-refractivity contribution in [3.63, 3.8) is 0 Å². The van der Waals surface area contributed by atoms with Crippen molar-refractivity contribution in [3.05, 3.63) is 72.2 Å². The molecule has 6 heteroatoms. The molecule has 160 valence electrons. The molecule has 0 amide bonds. The molecule has 0 spiro atoms. The number of benzene rings is 2. The molecule has 1 fully saturated rings. The minimum Gasteiger partial charge on any atom is -0.489 e. The second kappa shape index (κ2) is 8.94. The summed E-state index contributed by atoms with van der Waals surface area (Å²) in [6.07, 6.45) is 5.01. The summed E-state index contributed by atoms with van der Waals surface area (Å²) < 4.78 is 19.4. The SMILES string of the molecule is Fc1ccc2ccnc(N3CCN(CCCNC4=CCOc5ccccc54)CC3)c2c1. The minimum absolute atomic E-state index is 0.213. The van der Waals surface area contributed by atoms with E-state index in [0.717, 1.165) is 73.6 Å². The highest BCUT2D eigenvalue weighted by Crippen LogP contribution is 2.28. The van der Waals surface area contributed by atoms with Gasteiger partial charge in [0.1, 0.15) is 24.0 Å². The van der Waals surface area contributed by atoms with E-state index >= 15 is 0 Å². The van der Waals surface area contributed by atoms with E-state index in [2.05, 4.69) is 32.2 Å². The molecule has 1 saturated heterocycles. The fraction of sp³-hybridized carbons (Fsp3) is 0.320. The highest BCUT2D eigenvalue weighted by atomic mass is 19.1. The van der Waals surface area contributed by atoms with Gasteiger partial charge in [-0.3, -0.25) is 4.90 Å². The highest BCUT2D eigenvalue weighted by Gasteiger charge is 2.20. The van der Waals surface area contributed by atoms with Crippen molar-refractivity contribution in [1.82, 2.24) is 15.2 Å². The van der Waals surface area contributed by atoms with Crippen LogP contribution in [0.4, 0.5) is 10.2 Å². The summed E-state index contributed by atoms with van der Waals surface area (Å²) in [5, 5.41) is 5.50. The van der Waals surface area contributed by atoms with Crippen LogP contribution in [0.5, 0.6) is 5.75 Å². The summed E-state index contributed by atoms with van der Waals surface area (Å²) in [5.41, 5.74) is 2.31. The molecule has 0 bridgehead atoms. The first-order valence-corrected chi connectivity index (χ1v) is 11.0. The van der Waals surface area contributed by atoms with Crippen molar-refractivity contribution >= 4 is 22.3 Å². The van der Waals surface area contributed by atoms with E-state index in [1.54, 1.807) is 6.07 Å². The smallest absolute Gasteiger partial charge is 0.136 e. The van der Waals surface area contributed by atoms with Crippen molar-refractivity contribution in [2.45, 2.75) is 6.42 Å². The first-order valence-electron chi connectivity index (χ1n) is 11.0. The van der Waals surface area contributed by atoms with Crippen molar-refractivity contribution in [2.24, 2.45) is 0 Å². The number of nitrogens with zero attached hydrogens (tertiary/aromatic N) is 3. The molecule has 0 saturated carbocycles. The van der Waals surface area contributed by atoms with Crippen molar-refractivity contribution in [1.29, 1.82) is 0 Å². The number of hydrogen-bond donors (Lipinski definition) is 1. The average Bonchev–Trinajstić information content (AvgIpc) is 2.82. The third-order valence-electron chi connectivity index (χ3n) is 6.05. The number of anilines is 1. The van der Waals surface area contributed by atoms with E-state index in [1.807, 2.05) is 36.5 Å². The van der Waals surface area contributed by atoms with E-state index in [0.29, 0.717) is 6.61 Å². The van der Waals surface area contributed by atoms with E-state index in [1.165, 1.54) is 11.8 Å². The Morgan fingerprint density at radius 3 is 2.81 bits per heavy atom. The standard InChI is InChI=1S/C25H27FN4O/c26-20-7-6-19-8-11-28-25(22(19)18-20)30-15-13-29(14-16-30)12-3-10-27-23-9-17-31-24-5-2-1-4-21(23)24/h1-2,4-9,11,18,27H,3,10,12-17H2. The maximum Gasteiger partial charge on any atom is 0.136 e. The maximum absolute atomic E-state index is 13.8. The number of nitrogens with one attached hydrogen (secondary N) is 1. The van der Waals surface area contributed by atoms with Gasteiger partial charge in [0.05, 0.1) is 0 Å². The Labute approximate surface area is 182 Å².